The van der Waals surface area contributed by atoms with Gasteiger partial charge in [-0.3, -0.25) is 14.4 Å². The second kappa shape index (κ2) is 6.95. The normalized spacial score (nSPS) is 18.2. The highest BCUT2D eigenvalue weighted by Crippen LogP contribution is 2.30. The maximum Gasteiger partial charge on any atom is 0.315 e. The number of carbonyl (C=O) groups is 3. The molecular formula is C14H14ClNO4S. The zero-order valence-corrected chi connectivity index (χ0v) is 12.9. The molecule has 1 aromatic carbocycles. The fraction of sp³-hybridized carbons (Fsp3) is 0.357. The highest BCUT2D eigenvalue weighted by Gasteiger charge is 2.40. The Morgan fingerprint density at radius 1 is 1.48 bits per heavy atom. The molecule has 0 bridgehead atoms. The maximum absolute atomic E-state index is 12.3. The fourth-order valence-corrected chi connectivity index (χ4v) is 3.11. The second-order valence-corrected chi connectivity index (χ2v) is 5.98. The third-order valence-electron chi connectivity index (χ3n) is 2.88. The van der Waals surface area contributed by atoms with E-state index in [2.05, 4.69) is 0 Å². The van der Waals surface area contributed by atoms with Gasteiger partial charge in [0.05, 0.1) is 23.3 Å². The van der Waals surface area contributed by atoms with Gasteiger partial charge >= 0.3 is 5.97 Å². The summed E-state index contributed by atoms with van der Waals surface area (Å²) in [6, 6.07) is 6.57. The lowest BCUT2D eigenvalue weighted by molar-refractivity contribution is -0.139. The number of anilines is 1. The topological polar surface area (TPSA) is 63.7 Å². The van der Waals surface area contributed by atoms with Gasteiger partial charge in [0.2, 0.25) is 11.8 Å². The van der Waals surface area contributed by atoms with E-state index in [-0.39, 0.29) is 30.0 Å². The fourth-order valence-electron chi connectivity index (χ4n) is 1.99. The molecule has 1 atom stereocenters. The van der Waals surface area contributed by atoms with Crippen LogP contribution in [0.4, 0.5) is 5.69 Å². The SMILES string of the molecule is CCOC(=O)CSC1CC(=O)N(c2cccc(Cl)c2)C1=O. The molecule has 0 spiro atoms. The molecule has 1 fully saturated rings. The van der Waals surface area contributed by atoms with Crippen molar-refractivity contribution in [2.24, 2.45) is 0 Å². The van der Waals surface area contributed by atoms with Crippen LogP contribution in [0.25, 0.3) is 0 Å². The molecule has 0 N–H and O–H groups in total. The molecule has 0 radical (unpaired) electrons. The Kier molecular flexibility index (Phi) is 5.25. The van der Waals surface area contributed by atoms with Gasteiger partial charge in [0.25, 0.3) is 0 Å². The minimum Gasteiger partial charge on any atom is -0.465 e. The summed E-state index contributed by atoms with van der Waals surface area (Å²) in [7, 11) is 0. The molecule has 1 aliphatic rings. The zero-order valence-electron chi connectivity index (χ0n) is 11.4. The minimum atomic E-state index is -0.555. The number of hydrogen-bond acceptors (Lipinski definition) is 5. The largest absolute Gasteiger partial charge is 0.465 e. The number of nitrogens with zero attached hydrogens (tertiary/aromatic N) is 1. The first-order chi connectivity index (χ1) is 10.0. The van der Waals surface area contributed by atoms with Gasteiger partial charge in [-0.05, 0) is 25.1 Å². The van der Waals surface area contributed by atoms with Crippen LogP contribution in [0.5, 0.6) is 0 Å². The number of esters is 1. The van der Waals surface area contributed by atoms with Crippen molar-refractivity contribution in [2.75, 3.05) is 17.3 Å². The van der Waals surface area contributed by atoms with Crippen molar-refractivity contribution < 1.29 is 19.1 Å². The van der Waals surface area contributed by atoms with Crippen molar-refractivity contribution in [3.8, 4) is 0 Å². The quantitative estimate of drug-likeness (QED) is 0.613. The average molecular weight is 328 g/mol. The van der Waals surface area contributed by atoms with E-state index in [9.17, 15) is 14.4 Å². The lowest BCUT2D eigenvalue weighted by Crippen LogP contribution is -2.31. The average Bonchev–Trinajstić information content (AvgIpc) is 2.71. The zero-order chi connectivity index (χ0) is 15.4. The smallest absolute Gasteiger partial charge is 0.315 e. The molecule has 21 heavy (non-hydrogen) atoms. The van der Waals surface area contributed by atoms with Crippen LogP contribution in [0, 0.1) is 0 Å². The van der Waals surface area contributed by atoms with E-state index in [1.54, 1.807) is 31.2 Å². The lowest BCUT2D eigenvalue weighted by Gasteiger charge is -2.15. The van der Waals surface area contributed by atoms with Crippen molar-refractivity contribution in [2.45, 2.75) is 18.6 Å². The first-order valence-electron chi connectivity index (χ1n) is 6.42. The van der Waals surface area contributed by atoms with E-state index in [1.165, 1.54) is 0 Å². The molecule has 5 nitrogen and oxygen atoms in total. The van der Waals surface area contributed by atoms with Crippen LogP contribution in [-0.2, 0) is 19.1 Å². The molecule has 1 unspecified atom stereocenters. The highest BCUT2D eigenvalue weighted by atomic mass is 35.5. The Morgan fingerprint density at radius 2 is 2.24 bits per heavy atom. The first kappa shape index (κ1) is 15.9. The number of benzene rings is 1. The van der Waals surface area contributed by atoms with E-state index in [0.29, 0.717) is 17.3 Å². The molecule has 0 saturated carbocycles. The van der Waals surface area contributed by atoms with E-state index < -0.39 is 5.25 Å². The molecule has 1 aromatic rings. The monoisotopic (exact) mass is 327 g/mol. The van der Waals surface area contributed by atoms with Gasteiger partial charge < -0.3 is 4.74 Å². The molecule has 112 valence electrons. The van der Waals surface area contributed by atoms with Crippen LogP contribution in [0.15, 0.2) is 24.3 Å². The number of rotatable bonds is 5. The molecule has 1 aliphatic heterocycles. The Morgan fingerprint density at radius 3 is 2.90 bits per heavy atom. The van der Waals surface area contributed by atoms with Gasteiger partial charge in [-0.15, -0.1) is 11.8 Å². The first-order valence-corrected chi connectivity index (χ1v) is 7.85. The standard InChI is InChI=1S/C14H14ClNO4S/c1-2-20-13(18)8-21-11-7-12(17)16(14(11)19)10-5-3-4-9(15)6-10/h3-6,11H,2,7-8H2,1H3. The molecule has 0 aromatic heterocycles. The minimum absolute atomic E-state index is 0.0565. The van der Waals surface area contributed by atoms with Gasteiger partial charge in [-0.25, -0.2) is 4.90 Å². The van der Waals surface area contributed by atoms with E-state index >= 15 is 0 Å². The van der Waals surface area contributed by atoms with Gasteiger partial charge in [-0.1, -0.05) is 17.7 Å². The summed E-state index contributed by atoms with van der Waals surface area (Å²) in [5.41, 5.74) is 0.455. The molecule has 2 amide bonds. The molecular weight excluding hydrogens is 314 g/mol. The summed E-state index contributed by atoms with van der Waals surface area (Å²) >= 11 is 7.00. The summed E-state index contributed by atoms with van der Waals surface area (Å²) in [4.78, 5) is 36.7. The van der Waals surface area contributed by atoms with E-state index in [0.717, 1.165) is 16.7 Å². The number of imide groups is 1. The Balaban J connectivity index is 2.05. The Labute approximate surface area is 131 Å². The van der Waals surface area contributed by atoms with Gasteiger partial charge in [0, 0.05) is 11.4 Å². The van der Waals surface area contributed by atoms with Gasteiger partial charge in [0.1, 0.15) is 0 Å². The predicted molar refractivity (Wildman–Crippen MR) is 81.4 cm³/mol. The number of carbonyl (C=O) groups excluding carboxylic acids is 3. The lowest BCUT2D eigenvalue weighted by atomic mass is 10.3. The number of ether oxygens (including phenoxy) is 1. The number of hydrogen-bond donors (Lipinski definition) is 0. The molecule has 7 heteroatoms. The molecule has 2 rings (SSSR count). The van der Waals surface area contributed by atoms with Crippen molar-refractivity contribution in [3.63, 3.8) is 0 Å². The third-order valence-corrected chi connectivity index (χ3v) is 4.29. The molecule has 0 aliphatic carbocycles. The summed E-state index contributed by atoms with van der Waals surface area (Å²) in [6.07, 6.45) is 0.0788. The predicted octanol–water partition coefficient (Wildman–Crippen LogP) is 2.27. The molecule has 1 saturated heterocycles. The summed E-state index contributed by atoms with van der Waals surface area (Å²) in [5.74, 6) is -0.940. The van der Waals surface area contributed by atoms with Crippen molar-refractivity contribution in [3.05, 3.63) is 29.3 Å². The van der Waals surface area contributed by atoms with Crippen LogP contribution < -0.4 is 4.90 Å². The summed E-state index contributed by atoms with van der Waals surface area (Å²) in [5, 5.41) is -0.100. The van der Waals surface area contributed by atoms with Crippen LogP contribution in [0.1, 0.15) is 13.3 Å². The summed E-state index contributed by atoms with van der Waals surface area (Å²) < 4.78 is 4.80. The van der Waals surface area contributed by atoms with Crippen molar-refractivity contribution >= 4 is 46.8 Å². The maximum atomic E-state index is 12.3. The summed E-state index contributed by atoms with van der Waals surface area (Å²) in [6.45, 7) is 2.01. The van der Waals surface area contributed by atoms with Crippen molar-refractivity contribution in [1.82, 2.24) is 0 Å². The van der Waals surface area contributed by atoms with Crippen molar-refractivity contribution in [1.29, 1.82) is 0 Å². The van der Waals surface area contributed by atoms with Crippen LogP contribution in [0.2, 0.25) is 5.02 Å². The van der Waals surface area contributed by atoms with Gasteiger partial charge in [-0.2, -0.15) is 0 Å². The third kappa shape index (κ3) is 3.77. The Hall–Kier alpha value is -1.53. The Bertz CT molecular complexity index is 578. The number of halogens is 1. The van der Waals surface area contributed by atoms with E-state index in [1.807, 2.05) is 0 Å². The number of amides is 2. The van der Waals surface area contributed by atoms with Crippen LogP contribution in [-0.4, -0.2) is 35.4 Å². The van der Waals surface area contributed by atoms with E-state index in [4.69, 9.17) is 16.3 Å². The number of thioether (sulfide) groups is 1. The van der Waals surface area contributed by atoms with Crippen LogP contribution >= 0.6 is 23.4 Å². The molecule has 1 heterocycles. The second-order valence-electron chi connectivity index (χ2n) is 4.36. The van der Waals surface area contributed by atoms with Gasteiger partial charge in [0.15, 0.2) is 0 Å². The highest BCUT2D eigenvalue weighted by molar-refractivity contribution is 8.01. The van der Waals surface area contributed by atoms with Crippen LogP contribution in [0.3, 0.4) is 0 Å².